The summed E-state index contributed by atoms with van der Waals surface area (Å²) in [6.45, 7) is 4.27. The quantitative estimate of drug-likeness (QED) is 0.475. The predicted molar refractivity (Wildman–Crippen MR) is 109 cm³/mol. The number of hydrogen-bond donors (Lipinski definition) is 0. The van der Waals surface area contributed by atoms with E-state index in [4.69, 9.17) is 14.2 Å². The minimum Gasteiger partial charge on any atom is -0.458 e. The lowest BCUT2D eigenvalue weighted by molar-refractivity contribution is -0.172. The van der Waals surface area contributed by atoms with Gasteiger partial charge in [0.05, 0.1) is 11.8 Å². The van der Waals surface area contributed by atoms with E-state index in [1.54, 1.807) is 0 Å². The summed E-state index contributed by atoms with van der Waals surface area (Å²) in [5.41, 5.74) is 0. The van der Waals surface area contributed by atoms with E-state index < -0.39 is 5.97 Å². The third-order valence-corrected chi connectivity index (χ3v) is 10.2. The minimum atomic E-state index is -0.509. The molecule has 6 heteroatoms. The minimum absolute atomic E-state index is 0.000709. The van der Waals surface area contributed by atoms with Crippen LogP contribution in [0.3, 0.4) is 0 Å². The number of carbonyl (C=O) groups excluding carboxylic acids is 3. The molecular weight excluding hydrogens is 396 g/mol. The van der Waals surface area contributed by atoms with E-state index in [-0.39, 0.29) is 54.4 Å². The Hall–Kier alpha value is -1.59. The SMILES string of the molecule is CCC1CC(CC)C2C3CC(CC3C(=O)OCC(=O)OC3C4CC5C(=O)OC3C5C4)C12. The van der Waals surface area contributed by atoms with Crippen LogP contribution in [0.25, 0.3) is 0 Å². The molecular formula is C25H34O6. The van der Waals surface area contributed by atoms with Crippen molar-refractivity contribution in [1.82, 2.24) is 0 Å². The van der Waals surface area contributed by atoms with Crippen LogP contribution in [0.5, 0.6) is 0 Å². The summed E-state index contributed by atoms with van der Waals surface area (Å²) < 4.78 is 16.6. The predicted octanol–water partition coefficient (Wildman–Crippen LogP) is 3.37. The number of hydrogen-bond acceptors (Lipinski definition) is 6. The first-order valence-electron chi connectivity index (χ1n) is 12.6. The molecule has 5 aliphatic carbocycles. The average Bonchev–Trinajstić information content (AvgIpc) is 3.56. The van der Waals surface area contributed by atoms with Gasteiger partial charge in [-0.15, -0.1) is 0 Å². The Morgan fingerprint density at radius 1 is 0.935 bits per heavy atom. The van der Waals surface area contributed by atoms with E-state index in [2.05, 4.69) is 13.8 Å². The standard InChI is InChI=1S/C25H34O6/c1-3-11-5-12(4-2)21-15-6-13(20(11)21)7-17(15)24(27)29-10-19(26)30-22-14-8-16-18(9-14)25(28)31-23(16)22/h11-18,20-23H,3-10H2,1-2H3. The van der Waals surface area contributed by atoms with Crippen molar-refractivity contribution in [2.75, 3.05) is 6.61 Å². The van der Waals surface area contributed by atoms with Gasteiger partial charge in [-0.25, -0.2) is 4.79 Å². The summed E-state index contributed by atoms with van der Waals surface area (Å²) in [7, 11) is 0. The molecule has 0 radical (unpaired) electrons. The highest BCUT2D eigenvalue weighted by atomic mass is 16.6. The summed E-state index contributed by atoms with van der Waals surface area (Å²) >= 11 is 0. The second-order valence-electron chi connectivity index (χ2n) is 11.2. The lowest BCUT2D eigenvalue weighted by Crippen LogP contribution is -2.38. The Kier molecular flexibility index (Phi) is 4.66. The first-order chi connectivity index (χ1) is 15.0. The molecule has 12 unspecified atom stereocenters. The number of carbonyl (C=O) groups is 3. The maximum absolute atomic E-state index is 12.9. The molecule has 31 heavy (non-hydrogen) atoms. The van der Waals surface area contributed by atoms with Crippen molar-refractivity contribution in [1.29, 1.82) is 0 Å². The van der Waals surface area contributed by atoms with Gasteiger partial charge in [-0.3, -0.25) is 9.59 Å². The van der Waals surface area contributed by atoms with Crippen molar-refractivity contribution in [2.45, 2.75) is 71.0 Å². The van der Waals surface area contributed by atoms with Crippen molar-refractivity contribution in [3.8, 4) is 0 Å². The highest BCUT2D eigenvalue weighted by Gasteiger charge is 2.64. The Morgan fingerprint density at radius 2 is 1.68 bits per heavy atom. The van der Waals surface area contributed by atoms with E-state index in [0.29, 0.717) is 17.8 Å². The first kappa shape index (κ1) is 20.0. The molecule has 1 aliphatic heterocycles. The molecule has 4 bridgehead atoms. The Bertz CT molecular complexity index is 793. The zero-order chi connectivity index (χ0) is 21.4. The molecule has 12 atom stereocenters. The molecule has 6 aliphatic rings. The lowest BCUT2D eigenvalue weighted by atomic mass is 9.70. The van der Waals surface area contributed by atoms with Crippen LogP contribution in [-0.4, -0.2) is 36.7 Å². The molecule has 0 amide bonds. The monoisotopic (exact) mass is 430 g/mol. The van der Waals surface area contributed by atoms with Crippen molar-refractivity contribution in [3.05, 3.63) is 0 Å². The molecule has 0 spiro atoms. The molecule has 5 saturated carbocycles. The fourth-order valence-electron chi connectivity index (χ4n) is 9.15. The Balaban J connectivity index is 1.04. The summed E-state index contributed by atoms with van der Waals surface area (Å²) in [5, 5.41) is 0. The molecule has 0 aromatic rings. The van der Waals surface area contributed by atoms with Gasteiger partial charge in [0.15, 0.2) is 6.61 Å². The van der Waals surface area contributed by atoms with E-state index in [1.165, 1.54) is 19.3 Å². The first-order valence-corrected chi connectivity index (χ1v) is 12.6. The molecule has 0 aromatic heterocycles. The zero-order valence-electron chi connectivity index (χ0n) is 18.5. The van der Waals surface area contributed by atoms with E-state index >= 15 is 0 Å². The topological polar surface area (TPSA) is 78.9 Å². The third kappa shape index (κ3) is 2.85. The van der Waals surface area contributed by atoms with Crippen LogP contribution in [0.15, 0.2) is 0 Å². The third-order valence-electron chi connectivity index (χ3n) is 10.2. The molecule has 6 fully saturated rings. The van der Waals surface area contributed by atoms with Crippen LogP contribution in [-0.2, 0) is 28.6 Å². The summed E-state index contributed by atoms with van der Waals surface area (Å²) in [4.78, 5) is 37.2. The normalized spacial score (nSPS) is 50.6. The second-order valence-corrected chi connectivity index (χ2v) is 11.2. The number of rotatable bonds is 6. The fraction of sp³-hybridized carbons (Fsp3) is 0.880. The van der Waals surface area contributed by atoms with E-state index in [0.717, 1.165) is 43.4 Å². The average molecular weight is 431 g/mol. The van der Waals surface area contributed by atoms with Gasteiger partial charge in [0, 0.05) is 11.8 Å². The summed E-state index contributed by atoms with van der Waals surface area (Å²) in [6, 6.07) is 0. The van der Waals surface area contributed by atoms with E-state index in [9.17, 15) is 14.4 Å². The van der Waals surface area contributed by atoms with Crippen molar-refractivity contribution >= 4 is 17.9 Å². The molecule has 1 heterocycles. The Morgan fingerprint density at radius 3 is 2.45 bits per heavy atom. The van der Waals surface area contributed by atoms with Gasteiger partial charge >= 0.3 is 17.9 Å². The zero-order valence-corrected chi connectivity index (χ0v) is 18.5. The van der Waals surface area contributed by atoms with Crippen LogP contribution in [0.4, 0.5) is 0 Å². The van der Waals surface area contributed by atoms with Gasteiger partial charge in [0.25, 0.3) is 0 Å². The molecule has 6 rings (SSSR count). The van der Waals surface area contributed by atoms with Crippen LogP contribution >= 0.6 is 0 Å². The van der Waals surface area contributed by atoms with Gasteiger partial charge in [-0.05, 0) is 67.6 Å². The number of esters is 3. The number of fused-ring (bicyclic) bond motifs is 6. The van der Waals surface area contributed by atoms with Crippen LogP contribution in [0.1, 0.15) is 58.8 Å². The molecule has 1 saturated heterocycles. The fourth-order valence-corrected chi connectivity index (χ4v) is 9.15. The highest BCUT2D eigenvalue weighted by Crippen LogP contribution is 2.65. The Labute approximate surface area is 183 Å². The summed E-state index contributed by atoms with van der Waals surface area (Å²) in [5.74, 6) is 3.59. The smallest absolute Gasteiger partial charge is 0.344 e. The van der Waals surface area contributed by atoms with Gasteiger partial charge in [-0.1, -0.05) is 26.7 Å². The van der Waals surface area contributed by atoms with Crippen molar-refractivity contribution in [3.63, 3.8) is 0 Å². The maximum atomic E-state index is 12.9. The second kappa shape index (κ2) is 7.21. The molecule has 0 aromatic carbocycles. The van der Waals surface area contributed by atoms with Crippen molar-refractivity contribution < 1.29 is 28.6 Å². The van der Waals surface area contributed by atoms with Gasteiger partial charge in [0.1, 0.15) is 12.2 Å². The van der Waals surface area contributed by atoms with Gasteiger partial charge < -0.3 is 14.2 Å². The van der Waals surface area contributed by atoms with Crippen LogP contribution in [0, 0.1) is 59.2 Å². The van der Waals surface area contributed by atoms with Gasteiger partial charge in [-0.2, -0.15) is 0 Å². The molecule has 170 valence electrons. The van der Waals surface area contributed by atoms with E-state index in [1.807, 2.05) is 0 Å². The van der Waals surface area contributed by atoms with Crippen molar-refractivity contribution in [2.24, 2.45) is 59.2 Å². The van der Waals surface area contributed by atoms with Crippen LogP contribution < -0.4 is 0 Å². The molecule has 0 N–H and O–H groups in total. The van der Waals surface area contributed by atoms with Gasteiger partial charge in [0.2, 0.25) is 0 Å². The summed E-state index contributed by atoms with van der Waals surface area (Å²) in [6.07, 6.45) is 6.85. The largest absolute Gasteiger partial charge is 0.458 e. The van der Waals surface area contributed by atoms with Crippen LogP contribution in [0.2, 0.25) is 0 Å². The number of ether oxygens (including phenoxy) is 3. The molecule has 6 nitrogen and oxygen atoms in total. The maximum Gasteiger partial charge on any atom is 0.344 e. The highest BCUT2D eigenvalue weighted by molar-refractivity contribution is 5.79. The lowest BCUT2D eigenvalue weighted by Gasteiger charge is -2.34.